The lowest BCUT2D eigenvalue weighted by Crippen LogP contribution is -2.35. The van der Waals surface area contributed by atoms with Gasteiger partial charge in [0.15, 0.2) is 5.78 Å². The fraction of sp³-hybridized carbons (Fsp3) is 0.545. The van der Waals surface area contributed by atoms with Crippen LogP contribution in [-0.2, 0) is 16.0 Å². The van der Waals surface area contributed by atoms with Gasteiger partial charge in [0.05, 0.1) is 35.1 Å². The van der Waals surface area contributed by atoms with Gasteiger partial charge < -0.3 is 21.5 Å². The van der Waals surface area contributed by atoms with Crippen LogP contribution in [0.1, 0.15) is 71.6 Å². The lowest BCUT2D eigenvalue weighted by Gasteiger charge is -2.29. The second-order valence-electron chi connectivity index (χ2n) is 9.47. The molecule has 2 heterocycles. The standard InChI is InChI=1S/C22H29N7O4/c1-11-18-14(7-22(2,3)8-15(18)30)29(28-11)21-25-10-12(19(24)32)20(27-21)26-13-5-4-6-16(13)33-17(31)9-23/h10,13,16H,4-9,23H2,1-3H3,(H2,24,32)(H,25,26,27). The van der Waals surface area contributed by atoms with E-state index in [0.29, 0.717) is 30.5 Å². The molecule has 2 aliphatic rings. The molecule has 0 saturated heterocycles. The molecule has 1 fully saturated rings. The predicted octanol–water partition coefficient (Wildman–Crippen LogP) is 1.06. The highest BCUT2D eigenvalue weighted by Crippen LogP contribution is 2.37. The van der Waals surface area contributed by atoms with Crippen molar-refractivity contribution < 1.29 is 19.1 Å². The number of amides is 1. The van der Waals surface area contributed by atoms with E-state index >= 15 is 0 Å². The Balaban J connectivity index is 1.71. The number of carbonyl (C=O) groups excluding carboxylic acids is 3. The van der Waals surface area contributed by atoms with Gasteiger partial charge in [-0.3, -0.25) is 14.4 Å². The molecule has 2 aromatic heterocycles. The lowest BCUT2D eigenvalue weighted by molar-refractivity contribution is -0.147. The van der Waals surface area contributed by atoms with Crippen molar-refractivity contribution >= 4 is 23.5 Å². The van der Waals surface area contributed by atoms with Crippen LogP contribution in [0.4, 0.5) is 5.82 Å². The Morgan fingerprint density at radius 2 is 2.06 bits per heavy atom. The number of ketones is 1. The third-order valence-electron chi connectivity index (χ3n) is 6.18. The van der Waals surface area contributed by atoms with E-state index in [4.69, 9.17) is 16.2 Å². The van der Waals surface area contributed by atoms with Crippen molar-refractivity contribution in [2.24, 2.45) is 16.9 Å². The number of hydrogen-bond donors (Lipinski definition) is 3. The van der Waals surface area contributed by atoms with E-state index in [9.17, 15) is 14.4 Å². The number of nitrogens with one attached hydrogen (secondary N) is 1. The fourth-order valence-corrected chi connectivity index (χ4v) is 4.69. The van der Waals surface area contributed by atoms with Crippen LogP contribution >= 0.6 is 0 Å². The number of Topliss-reactive ketones (excluding diaryl/α,β-unsaturated/α-hetero) is 1. The number of primary amides is 1. The molecular weight excluding hydrogens is 426 g/mol. The van der Waals surface area contributed by atoms with E-state index in [1.165, 1.54) is 6.20 Å². The Morgan fingerprint density at radius 3 is 2.76 bits per heavy atom. The summed E-state index contributed by atoms with van der Waals surface area (Å²) in [5.41, 5.74) is 12.8. The number of rotatable bonds is 6. The zero-order valence-electron chi connectivity index (χ0n) is 19.1. The van der Waals surface area contributed by atoms with Crippen molar-refractivity contribution in [1.29, 1.82) is 0 Å². The van der Waals surface area contributed by atoms with Crippen molar-refractivity contribution in [2.75, 3.05) is 11.9 Å². The highest BCUT2D eigenvalue weighted by molar-refractivity contribution is 6.00. The zero-order chi connectivity index (χ0) is 23.9. The molecule has 33 heavy (non-hydrogen) atoms. The average molecular weight is 456 g/mol. The van der Waals surface area contributed by atoms with Crippen molar-refractivity contribution in [3.63, 3.8) is 0 Å². The van der Waals surface area contributed by atoms with Gasteiger partial charge in [-0.25, -0.2) is 9.67 Å². The summed E-state index contributed by atoms with van der Waals surface area (Å²) in [5.74, 6) is -0.666. The Labute approximate surface area is 191 Å². The van der Waals surface area contributed by atoms with Crippen LogP contribution < -0.4 is 16.8 Å². The summed E-state index contributed by atoms with van der Waals surface area (Å²) in [7, 11) is 0. The number of ether oxygens (including phenoxy) is 1. The van der Waals surface area contributed by atoms with Gasteiger partial charge in [-0.2, -0.15) is 10.1 Å². The van der Waals surface area contributed by atoms with E-state index in [0.717, 1.165) is 18.5 Å². The van der Waals surface area contributed by atoms with Crippen molar-refractivity contribution in [3.05, 3.63) is 28.7 Å². The minimum atomic E-state index is -0.687. The number of nitrogens with two attached hydrogens (primary N) is 2. The summed E-state index contributed by atoms with van der Waals surface area (Å²) in [6.45, 7) is 5.66. The number of hydrogen-bond acceptors (Lipinski definition) is 9. The number of nitrogens with zero attached hydrogens (tertiary/aromatic N) is 4. The maximum Gasteiger partial charge on any atom is 0.320 e. The van der Waals surface area contributed by atoms with Crippen molar-refractivity contribution in [1.82, 2.24) is 19.7 Å². The molecule has 0 radical (unpaired) electrons. The highest BCUT2D eigenvalue weighted by atomic mass is 16.5. The summed E-state index contributed by atoms with van der Waals surface area (Å²) in [4.78, 5) is 45.3. The summed E-state index contributed by atoms with van der Waals surface area (Å²) in [5, 5.41) is 7.75. The van der Waals surface area contributed by atoms with Crippen LogP contribution in [0.2, 0.25) is 0 Å². The zero-order valence-corrected chi connectivity index (χ0v) is 19.1. The molecule has 11 nitrogen and oxygen atoms in total. The normalized spacial score (nSPS) is 21.5. The monoisotopic (exact) mass is 455 g/mol. The summed E-state index contributed by atoms with van der Waals surface area (Å²) < 4.78 is 7.00. The van der Waals surface area contributed by atoms with Crippen molar-refractivity contribution in [2.45, 2.75) is 65.0 Å². The van der Waals surface area contributed by atoms with E-state index in [1.807, 2.05) is 13.8 Å². The van der Waals surface area contributed by atoms with E-state index in [1.54, 1.807) is 11.6 Å². The summed E-state index contributed by atoms with van der Waals surface area (Å²) in [6.07, 6.45) is 4.28. The summed E-state index contributed by atoms with van der Waals surface area (Å²) >= 11 is 0. The van der Waals surface area contributed by atoms with Crippen LogP contribution in [0.5, 0.6) is 0 Å². The Bertz CT molecular complexity index is 1120. The SMILES string of the molecule is Cc1nn(-c2ncc(C(N)=O)c(NC3CCCC3OC(=O)CN)n2)c2c1C(=O)CC(C)(C)C2. The number of carbonyl (C=O) groups is 3. The fourth-order valence-electron chi connectivity index (χ4n) is 4.69. The number of aryl methyl sites for hydroxylation is 1. The molecule has 4 rings (SSSR count). The van der Waals surface area contributed by atoms with Crippen LogP contribution in [0.3, 0.4) is 0 Å². The van der Waals surface area contributed by atoms with Gasteiger partial charge in [-0.1, -0.05) is 13.8 Å². The van der Waals surface area contributed by atoms with E-state index in [-0.39, 0.29) is 41.1 Å². The number of anilines is 1. The van der Waals surface area contributed by atoms with Crippen molar-refractivity contribution in [3.8, 4) is 5.95 Å². The first-order valence-corrected chi connectivity index (χ1v) is 11.0. The van der Waals surface area contributed by atoms with Crippen LogP contribution in [-0.4, -0.2) is 56.1 Å². The van der Waals surface area contributed by atoms with Gasteiger partial charge in [0.25, 0.3) is 11.9 Å². The van der Waals surface area contributed by atoms with E-state index in [2.05, 4.69) is 20.4 Å². The number of fused-ring (bicyclic) bond motifs is 1. The van der Waals surface area contributed by atoms with Gasteiger partial charge in [0.1, 0.15) is 11.9 Å². The largest absolute Gasteiger partial charge is 0.459 e. The second kappa shape index (κ2) is 8.54. The van der Waals surface area contributed by atoms with Gasteiger partial charge >= 0.3 is 5.97 Å². The molecule has 11 heteroatoms. The first-order chi connectivity index (χ1) is 15.6. The molecule has 5 N–H and O–H groups in total. The second-order valence-corrected chi connectivity index (χ2v) is 9.47. The quantitative estimate of drug-likeness (QED) is 0.539. The van der Waals surface area contributed by atoms with E-state index < -0.39 is 18.0 Å². The molecule has 2 atom stereocenters. The smallest absolute Gasteiger partial charge is 0.320 e. The Hall–Kier alpha value is -3.34. The highest BCUT2D eigenvalue weighted by Gasteiger charge is 2.37. The molecule has 176 valence electrons. The third-order valence-corrected chi connectivity index (χ3v) is 6.18. The average Bonchev–Trinajstić information content (AvgIpc) is 3.30. The molecular formula is C22H29N7O4. The number of aromatic nitrogens is 4. The first kappa shape index (κ1) is 22.8. The molecule has 2 aliphatic carbocycles. The molecule has 1 amide bonds. The molecule has 0 aliphatic heterocycles. The topological polar surface area (TPSA) is 168 Å². The lowest BCUT2D eigenvalue weighted by atomic mass is 9.75. The predicted molar refractivity (Wildman–Crippen MR) is 119 cm³/mol. The van der Waals surface area contributed by atoms with Gasteiger partial charge in [0, 0.05) is 12.6 Å². The molecule has 0 spiro atoms. The van der Waals surface area contributed by atoms with Gasteiger partial charge in [0.2, 0.25) is 0 Å². The Kier molecular flexibility index (Phi) is 5.91. The number of esters is 1. The molecule has 0 aromatic carbocycles. The van der Waals surface area contributed by atoms with Gasteiger partial charge in [-0.15, -0.1) is 0 Å². The van der Waals surface area contributed by atoms with Crippen LogP contribution in [0.25, 0.3) is 5.95 Å². The molecule has 0 bridgehead atoms. The molecule has 1 saturated carbocycles. The minimum Gasteiger partial charge on any atom is -0.459 e. The van der Waals surface area contributed by atoms with Crippen LogP contribution in [0.15, 0.2) is 6.20 Å². The maximum absolute atomic E-state index is 12.7. The Morgan fingerprint density at radius 1 is 1.30 bits per heavy atom. The third kappa shape index (κ3) is 4.45. The molecule has 2 unspecified atom stereocenters. The molecule has 2 aromatic rings. The summed E-state index contributed by atoms with van der Waals surface area (Å²) in [6, 6.07) is -0.255. The minimum absolute atomic E-state index is 0.0487. The first-order valence-electron chi connectivity index (χ1n) is 11.0. The maximum atomic E-state index is 12.7. The van der Waals surface area contributed by atoms with Gasteiger partial charge in [-0.05, 0) is 38.0 Å². The van der Waals surface area contributed by atoms with Crippen LogP contribution in [0, 0.1) is 12.3 Å².